The first-order valence-corrected chi connectivity index (χ1v) is 6.95. The van der Waals surface area contributed by atoms with Crippen LogP contribution in [0.25, 0.3) is 22.1 Å². The van der Waals surface area contributed by atoms with Gasteiger partial charge < -0.3 is 9.32 Å². The van der Waals surface area contributed by atoms with Gasteiger partial charge >= 0.3 is 0 Å². The third kappa shape index (κ3) is 2.17. The number of benzene rings is 1. The van der Waals surface area contributed by atoms with Crippen molar-refractivity contribution in [3.8, 4) is 0 Å². The zero-order chi connectivity index (χ0) is 15.0. The van der Waals surface area contributed by atoms with E-state index in [9.17, 15) is 4.39 Å². The maximum atomic E-state index is 12.8. The Balaban J connectivity index is 2.37. The van der Waals surface area contributed by atoms with Gasteiger partial charge in [0.1, 0.15) is 6.33 Å². The summed E-state index contributed by atoms with van der Waals surface area (Å²) in [4.78, 5) is 6.14. The molecule has 4 heteroatoms. The molecule has 0 aliphatic rings. The minimum Gasteiger partial charge on any atom is -0.435 e. The summed E-state index contributed by atoms with van der Waals surface area (Å²) in [5, 5.41) is 1.97. The van der Waals surface area contributed by atoms with Gasteiger partial charge in [0.15, 0.2) is 5.58 Å². The molecular weight excluding hydrogens is 267 g/mol. The Morgan fingerprint density at radius 1 is 1.24 bits per heavy atom. The number of hydrogen-bond donors (Lipinski definition) is 0. The molecule has 0 radical (unpaired) electrons. The number of aromatic nitrogens is 1. The van der Waals surface area contributed by atoms with Gasteiger partial charge in [-0.15, -0.1) is 0 Å². The van der Waals surface area contributed by atoms with Gasteiger partial charge in [-0.2, -0.15) is 0 Å². The van der Waals surface area contributed by atoms with E-state index in [-0.39, 0.29) is 6.04 Å². The summed E-state index contributed by atoms with van der Waals surface area (Å²) in [5.74, 6) is 0. The number of anilines is 1. The third-order valence-corrected chi connectivity index (χ3v) is 3.62. The predicted molar refractivity (Wildman–Crippen MR) is 84.1 cm³/mol. The van der Waals surface area contributed by atoms with E-state index in [1.165, 1.54) is 6.20 Å². The summed E-state index contributed by atoms with van der Waals surface area (Å²) in [6.07, 6.45) is 3.70. The second-order valence-electron chi connectivity index (χ2n) is 5.34. The Morgan fingerprint density at radius 3 is 2.76 bits per heavy atom. The van der Waals surface area contributed by atoms with Crippen LogP contribution in [0.4, 0.5) is 10.1 Å². The van der Waals surface area contributed by atoms with Crippen molar-refractivity contribution in [3.05, 3.63) is 48.6 Å². The van der Waals surface area contributed by atoms with E-state index in [0.717, 1.165) is 27.6 Å². The lowest BCUT2D eigenvalue weighted by Gasteiger charge is -2.26. The Bertz CT molecular complexity index is 820. The first-order chi connectivity index (χ1) is 10.1. The highest BCUT2D eigenvalue weighted by molar-refractivity contribution is 6.08. The van der Waals surface area contributed by atoms with Crippen molar-refractivity contribution in [2.45, 2.75) is 26.8 Å². The Labute approximate surface area is 122 Å². The van der Waals surface area contributed by atoms with Gasteiger partial charge in [-0.05, 0) is 38.5 Å². The van der Waals surface area contributed by atoms with Crippen LogP contribution in [0.2, 0.25) is 0 Å². The smallest absolute Gasteiger partial charge is 0.227 e. The van der Waals surface area contributed by atoms with Gasteiger partial charge in [-0.3, -0.25) is 0 Å². The van der Waals surface area contributed by atoms with Gasteiger partial charge in [0.2, 0.25) is 5.71 Å². The van der Waals surface area contributed by atoms with E-state index in [0.29, 0.717) is 12.0 Å². The molecule has 0 N–H and O–H groups in total. The van der Waals surface area contributed by atoms with Crippen molar-refractivity contribution in [3.63, 3.8) is 0 Å². The normalized spacial score (nSPS) is 12.0. The molecule has 0 saturated heterocycles. The topological polar surface area (TPSA) is 29.3 Å². The lowest BCUT2D eigenvalue weighted by molar-refractivity contribution is 0.647. The van der Waals surface area contributed by atoms with Crippen LogP contribution in [0, 0.1) is 6.92 Å². The molecule has 0 saturated carbocycles. The lowest BCUT2D eigenvalue weighted by Crippen LogP contribution is -2.25. The molecule has 2 aromatic heterocycles. The maximum Gasteiger partial charge on any atom is 0.227 e. The second-order valence-corrected chi connectivity index (χ2v) is 5.34. The van der Waals surface area contributed by atoms with E-state index >= 15 is 0 Å². The van der Waals surface area contributed by atoms with E-state index in [1.54, 1.807) is 6.20 Å². The highest BCUT2D eigenvalue weighted by Gasteiger charge is 2.19. The monoisotopic (exact) mass is 284 g/mol. The number of fused-ring (bicyclic) bond motifs is 3. The van der Waals surface area contributed by atoms with Crippen molar-refractivity contribution < 1.29 is 8.81 Å². The minimum absolute atomic E-state index is 0.113. The number of halogens is 1. The van der Waals surface area contributed by atoms with Crippen LogP contribution >= 0.6 is 0 Å². The first-order valence-electron chi connectivity index (χ1n) is 6.95. The second kappa shape index (κ2) is 5.20. The predicted octanol–water partition coefficient (Wildman–Crippen LogP) is 4.94. The van der Waals surface area contributed by atoms with Crippen LogP contribution < -0.4 is 4.90 Å². The molecule has 0 bridgehead atoms. The first kappa shape index (κ1) is 13.6. The van der Waals surface area contributed by atoms with E-state index in [4.69, 9.17) is 4.42 Å². The van der Waals surface area contributed by atoms with E-state index < -0.39 is 0 Å². The van der Waals surface area contributed by atoms with E-state index in [1.807, 2.05) is 49.9 Å². The molecular formula is C17H17FN2O. The van der Waals surface area contributed by atoms with Crippen LogP contribution in [0.5, 0.6) is 0 Å². The third-order valence-electron chi connectivity index (χ3n) is 3.62. The maximum absolute atomic E-state index is 12.8. The average molecular weight is 284 g/mol. The van der Waals surface area contributed by atoms with Crippen molar-refractivity contribution >= 4 is 27.8 Å². The number of rotatable bonds is 3. The fourth-order valence-corrected chi connectivity index (χ4v) is 2.65. The van der Waals surface area contributed by atoms with Crippen LogP contribution in [0.3, 0.4) is 0 Å². The lowest BCUT2D eigenvalue weighted by atomic mass is 10.1. The Hall–Kier alpha value is -2.36. The zero-order valence-corrected chi connectivity index (χ0v) is 12.3. The number of aryl methyl sites for hydroxylation is 1. The quantitative estimate of drug-likeness (QED) is 0.681. The summed E-state index contributed by atoms with van der Waals surface area (Å²) in [5.41, 5.74) is 3.27. The number of furan rings is 1. The molecule has 1 aromatic carbocycles. The molecule has 0 atom stereocenters. The van der Waals surface area contributed by atoms with E-state index in [2.05, 4.69) is 4.98 Å². The van der Waals surface area contributed by atoms with Gasteiger partial charge in [0.05, 0.1) is 5.69 Å². The average Bonchev–Trinajstić information content (AvgIpc) is 2.83. The van der Waals surface area contributed by atoms with Gasteiger partial charge in [0, 0.05) is 29.2 Å². The zero-order valence-electron chi connectivity index (χ0n) is 12.3. The summed E-state index contributed by atoms with van der Waals surface area (Å²) >= 11 is 0. The molecule has 3 rings (SSSR count). The van der Waals surface area contributed by atoms with Crippen LogP contribution in [-0.4, -0.2) is 11.0 Å². The molecule has 2 heterocycles. The van der Waals surface area contributed by atoms with Crippen LogP contribution in [0.1, 0.15) is 19.4 Å². The molecule has 0 unspecified atom stereocenters. The number of nitrogens with zero attached hydrogens (tertiary/aromatic N) is 2. The largest absolute Gasteiger partial charge is 0.435 e. The molecule has 0 fully saturated rings. The molecule has 0 aliphatic heterocycles. The standard InChI is InChI=1S/C17H17FN2O/c1-11(2)20(10-8-18)15-12(3)6-7-13-14-5-4-9-19-17(14)21-16(13)15/h4-11H,1-3H3/b10-8-. The van der Waals surface area contributed by atoms with Crippen molar-refractivity contribution in [2.75, 3.05) is 4.90 Å². The number of pyridine rings is 1. The molecule has 21 heavy (non-hydrogen) atoms. The number of hydrogen-bond acceptors (Lipinski definition) is 3. The molecule has 108 valence electrons. The molecule has 0 amide bonds. The molecule has 3 nitrogen and oxygen atoms in total. The molecule has 3 aromatic rings. The summed E-state index contributed by atoms with van der Waals surface area (Å²) in [6.45, 7) is 6.02. The summed E-state index contributed by atoms with van der Waals surface area (Å²) in [6, 6.07) is 8.04. The highest BCUT2D eigenvalue weighted by Crippen LogP contribution is 2.37. The minimum atomic E-state index is 0.113. The van der Waals surface area contributed by atoms with Crippen molar-refractivity contribution in [1.29, 1.82) is 0 Å². The Kier molecular flexibility index (Phi) is 3.37. The summed E-state index contributed by atoms with van der Waals surface area (Å²) in [7, 11) is 0. The SMILES string of the molecule is Cc1ccc2c(oc3ncccc32)c1N(/C=C\F)C(C)C. The van der Waals surface area contributed by atoms with Crippen molar-refractivity contribution in [2.24, 2.45) is 0 Å². The van der Waals surface area contributed by atoms with Crippen LogP contribution in [0.15, 0.2) is 47.4 Å². The van der Waals surface area contributed by atoms with Gasteiger partial charge in [0.25, 0.3) is 0 Å². The molecule has 0 aliphatic carbocycles. The Morgan fingerprint density at radius 2 is 2.05 bits per heavy atom. The summed E-state index contributed by atoms with van der Waals surface area (Å²) < 4.78 is 18.7. The fraction of sp³-hybridized carbons (Fsp3) is 0.235. The highest BCUT2D eigenvalue weighted by atomic mass is 19.1. The van der Waals surface area contributed by atoms with Crippen molar-refractivity contribution in [1.82, 2.24) is 4.98 Å². The molecule has 0 spiro atoms. The fourth-order valence-electron chi connectivity index (χ4n) is 2.65. The van der Waals surface area contributed by atoms with Gasteiger partial charge in [-0.1, -0.05) is 12.1 Å². The van der Waals surface area contributed by atoms with Crippen LogP contribution in [-0.2, 0) is 0 Å². The van der Waals surface area contributed by atoms with Gasteiger partial charge in [-0.25, -0.2) is 9.37 Å².